The Hall–Kier alpha value is -5.22. The Balaban J connectivity index is 1.46. The Morgan fingerprint density at radius 1 is 0.689 bits per heavy atom. The van der Waals surface area contributed by atoms with Gasteiger partial charge in [0.1, 0.15) is 0 Å². The predicted octanol–water partition coefficient (Wildman–Crippen LogP) is 8.26. The fourth-order valence-electron chi connectivity index (χ4n) is 6.36. The van der Waals surface area contributed by atoms with E-state index >= 15 is 0 Å². The molecule has 45 heavy (non-hydrogen) atoms. The van der Waals surface area contributed by atoms with E-state index in [4.69, 9.17) is 9.72 Å². The molecule has 0 saturated heterocycles. The van der Waals surface area contributed by atoms with Crippen LogP contribution in [0.1, 0.15) is 15.9 Å². The van der Waals surface area contributed by atoms with Gasteiger partial charge < -0.3 is 4.74 Å². The monoisotopic (exact) mass is 648 g/mol. The van der Waals surface area contributed by atoms with Crippen LogP contribution in [0.15, 0.2) is 133 Å². The summed E-state index contributed by atoms with van der Waals surface area (Å²) in [6.45, 7) is 2.18. The van der Waals surface area contributed by atoms with E-state index < -0.39 is 0 Å². The number of methoxy groups -OCH3 is 1. The van der Waals surface area contributed by atoms with Crippen molar-refractivity contribution in [1.82, 2.24) is 4.98 Å². The first-order valence-electron chi connectivity index (χ1n) is 14.9. The summed E-state index contributed by atoms with van der Waals surface area (Å²) >= 11 is 0.207. The number of hydrogen-bond donors (Lipinski definition) is 0. The standard InChI is InChI=1S/C40H28N2O2Se/c1-25-18-23-35(42-33-14-5-7-16-36(33)45-37-17-8-6-15-34(37)42)39-38(25)31(30-13-9-11-26-10-3-4-12-29(26)30)24-32(41-39)27-19-21-28(22-20-27)40(43)44-2/h3-24H,1-2H3. The molecule has 2 heterocycles. The minimum absolute atomic E-state index is 0.207. The summed E-state index contributed by atoms with van der Waals surface area (Å²) in [5, 5.41) is 3.52. The van der Waals surface area contributed by atoms with Gasteiger partial charge >= 0.3 is 252 Å². The molecule has 7 aromatic rings. The van der Waals surface area contributed by atoms with Crippen molar-refractivity contribution in [3.8, 4) is 22.4 Å². The number of carbonyl (C=O) groups excluding carboxylic acids is 1. The number of fused-ring (bicyclic) bond motifs is 4. The number of aryl methyl sites for hydroxylation is 1. The van der Waals surface area contributed by atoms with Crippen molar-refractivity contribution in [2.75, 3.05) is 12.0 Å². The third-order valence-corrected chi connectivity index (χ3v) is 10.9. The van der Waals surface area contributed by atoms with Gasteiger partial charge in [-0.25, -0.2) is 4.79 Å². The van der Waals surface area contributed by atoms with Crippen LogP contribution >= 0.6 is 0 Å². The van der Waals surface area contributed by atoms with Gasteiger partial charge in [0.15, 0.2) is 0 Å². The van der Waals surface area contributed by atoms with E-state index in [1.165, 1.54) is 43.7 Å². The Bertz CT molecular complexity index is 2230. The first kappa shape index (κ1) is 27.3. The van der Waals surface area contributed by atoms with E-state index in [2.05, 4.69) is 121 Å². The first-order chi connectivity index (χ1) is 22.1. The summed E-state index contributed by atoms with van der Waals surface area (Å²) in [5.41, 5.74) is 10.1. The van der Waals surface area contributed by atoms with Crippen molar-refractivity contribution in [2.24, 2.45) is 0 Å². The summed E-state index contributed by atoms with van der Waals surface area (Å²) in [4.78, 5) is 20.0. The molecule has 0 radical (unpaired) electrons. The Morgan fingerprint density at radius 2 is 1.36 bits per heavy atom. The van der Waals surface area contributed by atoms with Crippen LogP contribution in [0.5, 0.6) is 0 Å². The zero-order chi connectivity index (χ0) is 30.5. The molecule has 0 amide bonds. The van der Waals surface area contributed by atoms with Gasteiger partial charge in [-0.3, -0.25) is 0 Å². The molecule has 1 aliphatic heterocycles. The third-order valence-electron chi connectivity index (χ3n) is 8.50. The molecule has 0 aliphatic carbocycles. The van der Waals surface area contributed by atoms with Crippen molar-refractivity contribution in [1.29, 1.82) is 0 Å². The van der Waals surface area contributed by atoms with Crippen LogP contribution in [0.3, 0.4) is 0 Å². The molecule has 216 valence electrons. The van der Waals surface area contributed by atoms with Crippen LogP contribution in [0, 0.1) is 6.92 Å². The van der Waals surface area contributed by atoms with E-state index in [9.17, 15) is 4.79 Å². The molecule has 0 atom stereocenters. The van der Waals surface area contributed by atoms with E-state index in [-0.39, 0.29) is 20.9 Å². The Morgan fingerprint density at radius 3 is 2.09 bits per heavy atom. The number of esters is 1. The molecule has 8 rings (SSSR count). The molecule has 4 nitrogen and oxygen atoms in total. The van der Waals surface area contributed by atoms with E-state index in [0.29, 0.717) is 5.56 Å². The molecular formula is C40H28N2O2Se. The number of pyridine rings is 1. The fourth-order valence-corrected chi connectivity index (χ4v) is 8.58. The van der Waals surface area contributed by atoms with Gasteiger partial charge in [-0.2, -0.15) is 0 Å². The van der Waals surface area contributed by atoms with Gasteiger partial charge in [0, 0.05) is 0 Å². The fraction of sp³-hybridized carbons (Fsp3) is 0.0500. The number of benzene rings is 6. The number of para-hydroxylation sites is 2. The maximum atomic E-state index is 12.2. The average Bonchev–Trinajstić information content (AvgIpc) is 3.10. The van der Waals surface area contributed by atoms with Crippen LogP contribution in [0.4, 0.5) is 17.1 Å². The molecule has 5 heteroatoms. The Kier molecular flexibility index (Phi) is 6.71. The number of carbonyl (C=O) groups is 1. The second-order valence-electron chi connectivity index (χ2n) is 11.1. The van der Waals surface area contributed by atoms with E-state index in [1.54, 1.807) is 12.1 Å². The van der Waals surface area contributed by atoms with Crippen LogP contribution in [0.2, 0.25) is 0 Å². The van der Waals surface area contributed by atoms with Gasteiger partial charge in [0.25, 0.3) is 0 Å². The molecule has 0 N–H and O–H groups in total. The molecule has 0 unspecified atom stereocenters. The van der Waals surface area contributed by atoms with Gasteiger partial charge in [-0.15, -0.1) is 0 Å². The summed E-state index contributed by atoms with van der Waals surface area (Å²) in [5.74, 6) is -0.355. The molecule has 6 aromatic carbocycles. The van der Waals surface area contributed by atoms with Gasteiger partial charge in [0.05, 0.1) is 7.11 Å². The molecule has 0 fully saturated rings. The van der Waals surface area contributed by atoms with Crippen molar-refractivity contribution < 1.29 is 9.53 Å². The van der Waals surface area contributed by atoms with Crippen molar-refractivity contribution >= 4 is 68.6 Å². The van der Waals surface area contributed by atoms with Gasteiger partial charge in [-0.1, -0.05) is 0 Å². The normalized spacial score (nSPS) is 12.2. The quantitative estimate of drug-likeness (QED) is 0.143. The number of ether oxygens (including phenoxy) is 1. The topological polar surface area (TPSA) is 42.4 Å². The average molecular weight is 648 g/mol. The SMILES string of the molecule is COC(=O)c1ccc(-c2cc(-c3cccc4ccccc34)c3c(C)ccc(N4c5ccccc5[Se]c5ccccc54)c3n2)cc1. The summed E-state index contributed by atoms with van der Waals surface area (Å²) < 4.78 is 7.65. The van der Waals surface area contributed by atoms with Crippen LogP contribution in [-0.2, 0) is 4.74 Å². The summed E-state index contributed by atoms with van der Waals surface area (Å²) in [6.07, 6.45) is 0. The predicted molar refractivity (Wildman–Crippen MR) is 186 cm³/mol. The molecule has 0 spiro atoms. The third kappa shape index (κ3) is 4.60. The Labute approximate surface area is 268 Å². The zero-order valence-corrected chi connectivity index (χ0v) is 26.5. The number of anilines is 3. The number of hydrogen-bond acceptors (Lipinski definition) is 4. The van der Waals surface area contributed by atoms with Crippen molar-refractivity contribution in [3.63, 3.8) is 0 Å². The minimum atomic E-state index is -0.355. The second-order valence-corrected chi connectivity index (χ2v) is 13.4. The molecule has 0 saturated carbocycles. The van der Waals surface area contributed by atoms with Crippen molar-refractivity contribution in [2.45, 2.75) is 6.92 Å². The van der Waals surface area contributed by atoms with E-state index in [1.807, 2.05) is 12.1 Å². The molecule has 1 aromatic heterocycles. The summed E-state index contributed by atoms with van der Waals surface area (Å²) in [6, 6.07) is 46.7. The van der Waals surface area contributed by atoms with E-state index in [0.717, 1.165) is 39.0 Å². The maximum absolute atomic E-state index is 12.2. The van der Waals surface area contributed by atoms with Crippen LogP contribution < -0.4 is 13.8 Å². The number of aromatic nitrogens is 1. The zero-order valence-electron chi connectivity index (χ0n) is 24.8. The molecule has 0 bridgehead atoms. The van der Waals surface area contributed by atoms with Crippen LogP contribution in [0.25, 0.3) is 44.1 Å². The first-order valence-corrected chi connectivity index (χ1v) is 16.6. The summed E-state index contributed by atoms with van der Waals surface area (Å²) in [7, 11) is 1.40. The van der Waals surface area contributed by atoms with Gasteiger partial charge in [-0.05, 0) is 0 Å². The number of rotatable bonds is 4. The van der Waals surface area contributed by atoms with Crippen LogP contribution in [-0.4, -0.2) is 33.0 Å². The molecule has 1 aliphatic rings. The molecular weight excluding hydrogens is 619 g/mol. The number of nitrogens with zero attached hydrogens (tertiary/aromatic N) is 2. The van der Waals surface area contributed by atoms with Crippen molar-refractivity contribution in [3.05, 3.63) is 145 Å². The second kappa shape index (κ2) is 11.0. The van der Waals surface area contributed by atoms with Gasteiger partial charge in [0.2, 0.25) is 0 Å².